The molecule has 0 saturated carbocycles. The third-order valence-electron chi connectivity index (χ3n) is 2.20. The van der Waals surface area contributed by atoms with Crippen LogP contribution in [-0.4, -0.2) is 37.9 Å². The van der Waals surface area contributed by atoms with Crippen molar-refractivity contribution in [1.29, 1.82) is 0 Å². The van der Waals surface area contributed by atoms with E-state index in [1.807, 2.05) is 6.21 Å². The molecule has 0 amide bonds. The van der Waals surface area contributed by atoms with Crippen molar-refractivity contribution in [2.75, 3.05) is 26.8 Å². The summed E-state index contributed by atoms with van der Waals surface area (Å²) in [6.07, 6.45) is 3.15. The van der Waals surface area contributed by atoms with Crippen molar-refractivity contribution >= 4 is 6.21 Å². The lowest BCUT2D eigenvalue weighted by atomic mass is 10.1. The second kappa shape index (κ2) is 2.66. The molecule has 0 unspecified atom stereocenters. The number of hydrogen-bond acceptors (Lipinski definition) is 3. The SMILES string of the molecule is CN1CCC2=C(C=NCN2)C1. The van der Waals surface area contributed by atoms with Crippen LogP contribution < -0.4 is 5.32 Å². The second-order valence-electron chi connectivity index (χ2n) is 3.14. The van der Waals surface area contributed by atoms with E-state index < -0.39 is 0 Å². The topological polar surface area (TPSA) is 27.6 Å². The lowest BCUT2D eigenvalue weighted by Gasteiger charge is -2.28. The van der Waals surface area contributed by atoms with Gasteiger partial charge in [-0.3, -0.25) is 4.99 Å². The molecule has 0 bridgehead atoms. The molecule has 0 radical (unpaired) electrons. The van der Waals surface area contributed by atoms with Gasteiger partial charge in [-0.15, -0.1) is 0 Å². The average Bonchev–Trinajstić information content (AvgIpc) is 2.04. The molecule has 2 aliphatic heterocycles. The van der Waals surface area contributed by atoms with E-state index in [2.05, 4.69) is 22.3 Å². The fraction of sp³-hybridized carbons (Fsp3) is 0.625. The summed E-state index contributed by atoms with van der Waals surface area (Å²) in [4.78, 5) is 6.49. The van der Waals surface area contributed by atoms with Gasteiger partial charge in [0.05, 0.1) is 0 Å². The molecule has 0 aromatic heterocycles. The van der Waals surface area contributed by atoms with Crippen molar-refractivity contribution in [2.45, 2.75) is 6.42 Å². The van der Waals surface area contributed by atoms with Gasteiger partial charge in [0.25, 0.3) is 0 Å². The number of rotatable bonds is 0. The molecule has 2 rings (SSSR count). The van der Waals surface area contributed by atoms with Crippen LogP contribution in [0.1, 0.15) is 6.42 Å². The molecule has 2 aliphatic rings. The lowest BCUT2D eigenvalue weighted by molar-refractivity contribution is 0.346. The van der Waals surface area contributed by atoms with E-state index in [9.17, 15) is 0 Å². The van der Waals surface area contributed by atoms with Crippen molar-refractivity contribution in [2.24, 2.45) is 4.99 Å². The molecule has 2 heterocycles. The van der Waals surface area contributed by atoms with E-state index >= 15 is 0 Å². The Morgan fingerprint density at radius 3 is 3.45 bits per heavy atom. The van der Waals surface area contributed by atoms with Crippen molar-refractivity contribution in [1.82, 2.24) is 10.2 Å². The zero-order valence-corrected chi connectivity index (χ0v) is 6.80. The molecular weight excluding hydrogens is 138 g/mol. The van der Waals surface area contributed by atoms with Crippen LogP contribution in [0.15, 0.2) is 16.3 Å². The number of nitrogens with zero attached hydrogens (tertiary/aromatic N) is 2. The van der Waals surface area contributed by atoms with Crippen LogP contribution in [0.25, 0.3) is 0 Å². The summed E-state index contributed by atoms with van der Waals surface area (Å²) in [5, 5.41) is 3.30. The third kappa shape index (κ3) is 1.28. The molecule has 0 spiro atoms. The van der Waals surface area contributed by atoms with Gasteiger partial charge in [-0.05, 0) is 7.05 Å². The van der Waals surface area contributed by atoms with E-state index in [4.69, 9.17) is 0 Å². The van der Waals surface area contributed by atoms with Gasteiger partial charge < -0.3 is 10.2 Å². The van der Waals surface area contributed by atoms with E-state index in [0.29, 0.717) is 0 Å². The second-order valence-corrected chi connectivity index (χ2v) is 3.14. The predicted octanol–water partition coefficient (Wildman–Crippen LogP) is 0.208. The minimum atomic E-state index is 0.766. The van der Waals surface area contributed by atoms with Gasteiger partial charge >= 0.3 is 0 Å². The van der Waals surface area contributed by atoms with E-state index in [1.54, 1.807) is 0 Å². The maximum Gasteiger partial charge on any atom is 0.107 e. The van der Waals surface area contributed by atoms with Crippen LogP contribution in [0.2, 0.25) is 0 Å². The first-order chi connectivity index (χ1) is 5.36. The maximum absolute atomic E-state index is 4.18. The maximum atomic E-state index is 4.18. The Labute approximate surface area is 66.8 Å². The summed E-state index contributed by atoms with van der Waals surface area (Å²) in [5.74, 6) is 0. The predicted molar refractivity (Wildman–Crippen MR) is 45.6 cm³/mol. The van der Waals surface area contributed by atoms with Gasteiger partial charge in [0.2, 0.25) is 0 Å². The molecule has 3 nitrogen and oxygen atoms in total. The highest BCUT2D eigenvalue weighted by atomic mass is 15.1. The molecule has 0 aliphatic carbocycles. The standard InChI is InChI=1S/C8H13N3/c1-11-3-2-8-7(5-11)4-9-6-10-8/h4,10H,2-3,5-6H2,1H3. The normalized spacial score (nSPS) is 24.8. The number of nitrogens with one attached hydrogen (secondary N) is 1. The quantitative estimate of drug-likeness (QED) is 0.536. The van der Waals surface area contributed by atoms with Gasteiger partial charge in [0, 0.05) is 37.0 Å². The van der Waals surface area contributed by atoms with Crippen LogP contribution in [-0.2, 0) is 0 Å². The molecule has 60 valence electrons. The van der Waals surface area contributed by atoms with Crippen molar-refractivity contribution in [3.05, 3.63) is 11.3 Å². The Kier molecular flexibility index (Phi) is 1.66. The van der Waals surface area contributed by atoms with Gasteiger partial charge in [-0.25, -0.2) is 0 Å². The van der Waals surface area contributed by atoms with Gasteiger partial charge in [-0.1, -0.05) is 0 Å². The van der Waals surface area contributed by atoms with Gasteiger partial charge in [0.15, 0.2) is 0 Å². The van der Waals surface area contributed by atoms with Gasteiger partial charge in [0.1, 0.15) is 6.67 Å². The summed E-state index contributed by atoms with van der Waals surface area (Å²) < 4.78 is 0. The molecule has 0 aromatic carbocycles. The van der Waals surface area contributed by atoms with Crippen LogP contribution in [0.4, 0.5) is 0 Å². The minimum Gasteiger partial charge on any atom is -0.369 e. The van der Waals surface area contributed by atoms with Gasteiger partial charge in [-0.2, -0.15) is 0 Å². The zero-order chi connectivity index (χ0) is 7.68. The van der Waals surface area contributed by atoms with Crippen molar-refractivity contribution in [3.8, 4) is 0 Å². The lowest BCUT2D eigenvalue weighted by Crippen LogP contribution is -2.34. The molecule has 1 N–H and O–H groups in total. The smallest absolute Gasteiger partial charge is 0.107 e. The van der Waals surface area contributed by atoms with E-state index in [-0.39, 0.29) is 0 Å². The first kappa shape index (κ1) is 6.85. The first-order valence-corrected chi connectivity index (χ1v) is 4.00. The first-order valence-electron chi connectivity index (χ1n) is 4.00. The summed E-state index contributed by atoms with van der Waals surface area (Å²) in [6.45, 7) is 2.98. The summed E-state index contributed by atoms with van der Waals surface area (Å²) in [5.41, 5.74) is 2.77. The molecule has 11 heavy (non-hydrogen) atoms. The summed E-state index contributed by atoms with van der Waals surface area (Å²) >= 11 is 0. The molecule has 0 aromatic rings. The zero-order valence-electron chi connectivity index (χ0n) is 6.80. The summed E-state index contributed by atoms with van der Waals surface area (Å²) in [7, 11) is 2.15. The number of likely N-dealkylation sites (N-methyl/N-ethyl adjacent to an activating group) is 1. The van der Waals surface area contributed by atoms with E-state index in [0.717, 1.165) is 19.6 Å². The number of aliphatic imine (C=N–C) groups is 1. The van der Waals surface area contributed by atoms with Crippen molar-refractivity contribution in [3.63, 3.8) is 0 Å². The molecule has 0 atom stereocenters. The fourth-order valence-corrected chi connectivity index (χ4v) is 1.55. The highest BCUT2D eigenvalue weighted by Crippen LogP contribution is 2.14. The Hall–Kier alpha value is -0.830. The monoisotopic (exact) mass is 151 g/mol. The fourth-order valence-electron chi connectivity index (χ4n) is 1.55. The van der Waals surface area contributed by atoms with Crippen LogP contribution in [0, 0.1) is 0 Å². The molecule has 0 fully saturated rings. The largest absolute Gasteiger partial charge is 0.369 e. The Morgan fingerprint density at radius 2 is 2.55 bits per heavy atom. The Balaban J connectivity index is 2.19. The van der Waals surface area contributed by atoms with Crippen LogP contribution >= 0.6 is 0 Å². The Bertz CT molecular complexity index is 217. The van der Waals surface area contributed by atoms with E-state index in [1.165, 1.54) is 17.8 Å². The summed E-state index contributed by atoms with van der Waals surface area (Å²) in [6, 6.07) is 0. The minimum absolute atomic E-state index is 0.766. The highest BCUT2D eigenvalue weighted by molar-refractivity contribution is 5.81. The molecular formula is C8H13N3. The molecule has 3 heteroatoms. The van der Waals surface area contributed by atoms with Crippen molar-refractivity contribution < 1.29 is 0 Å². The Morgan fingerprint density at radius 1 is 1.64 bits per heavy atom. The third-order valence-corrected chi connectivity index (χ3v) is 2.20. The average molecular weight is 151 g/mol. The van der Waals surface area contributed by atoms with Crippen LogP contribution in [0.3, 0.4) is 0 Å². The van der Waals surface area contributed by atoms with Crippen LogP contribution in [0.5, 0.6) is 0 Å². The highest BCUT2D eigenvalue weighted by Gasteiger charge is 2.15. The molecule has 0 saturated heterocycles. The number of hydrogen-bond donors (Lipinski definition) is 1.